The van der Waals surface area contributed by atoms with Gasteiger partial charge in [0.05, 0.1) is 17.9 Å². The highest BCUT2D eigenvalue weighted by atomic mass is 32.1. The molecule has 6 heteroatoms. The summed E-state index contributed by atoms with van der Waals surface area (Å²) in [4.78, 5) is 15.3. The van der Waals surface area contributed by atoms with Crippen molar-refractivity contribution >= 4 is 22.9 Å². The zero-order valence-corrected chi connectivity index (χ0v) is 12.0. The van der Waals surface area contributed by atoms with Gasteiger partial charge < -0.3 is 10.6 Å². The molecule has 5 nitrogen and oxygen atoms in total. The number of carbonyl (C=O) groups excluding carboxylic acids is 1. The minimum Gasteiger partial charge on any atom is -0.395 e. The van der Waals surface area contributed by atoms with Crippen molar-refractivity contribution in [2.75, 3.05) is 12.3 Å². The molecule has 0 aliphatic heterocycles. The van der Waals surface area contributed by atoms with Gasteiger partial charge in [0.25, 0.3) is 5.91 Å². The average molecular weight is 278 g/mol. The number of hydrogen-bond donors (Lipinski definition) is 2. The summed E-state index contributed by atoms with van der Waals surface area (Å²) in [7, 11) is 0. The summed E-state index contributed by atoms with van der Waals surface area (Å²) in [6.45, 7) is 5.15. The van der Waals surface area contributed by atoms with E-state index in [2.05, 4.69) is 10.2 Å². The van der Waals surface area contributed by atoms with Gasteiger partial charge in [0.15, 0.2) is 5.69 Å². The third kappa shape index (κ3) is 2.78. The minimum atomic E-state index is -0.121. The van der Waals surface area contributed by atoms with Crippen molar-refractivity contribution in [3.63, 3.8) is 0 Å². The van der Waals surface area contributed by atoms with Crippen LogP contribution in [-0.4, -0.2) is 27.5 Å². The lowest BCUT2D eigenvalue weighted by Gasteiger charge is -2.19. The zero-order chi connectivity index (χ0) is 13.8. The first-order valence-electron chi connectivity index (χ1n) is 6.31. The van der Waals surface area contributed by atoms with Gasteiger partial charge in [-0.25, -0.2) is 0 Å². The Morgan fingerprint density at radius 3 is 2.84 bits per heavy atom. The van der Waals surface area contributed by atoms with Crippen molar-refractivity contribution in [1.82, 2.24) is 15.1 Å². The molecule has 0 aromatic carbocycles. The fraction of sp³-hybridized carbons (Fsp3) is 0.385. The second-order valence-corrected chi connectivity index (χ2v) is 5.25. The smallest absolute Gasteiger partial charge is 0.276 e. The van der Waals surface area contributed by atoms with E-state index in [0.717, 1.165) is 17.0 Å². The lowest BCUT2D eigenvalue weighted by Crippen LogP contribution is -2.30. The van der Waals surface area contributed by atoms with Gasteiger partial charge in [-0.05, 0) is 24.8 Å². The number of amides is 1. The molecular weight excluding hydrogens is 260 g/mol. The SMILES string of the molecule is CCc1[nH]nc(C(=O)N(CC)Cc2cccs2)c1N. The summed E-state index contributed by atoms with van der Waals surface area (Å²) in [5, 5.41) is 8.88. The number of nitrogens with one attached hydrogen (secondary N) is 1. The molecule has 1 amide bonds. The molecule has 0 bridgehead atoms. The Kier molecular flexibility index (Phi) is 4.21. The number of anilines is 1. The molecule has 0 radical (unpaired) electrons. The van der Waals surface area contributed by atoms with E-state index in [0.29, 0.717) is 24.5 Å². The molecule has 2 aromatic rings. The van der Waals surface area contributed by atoms with Gasteiger partial charge >= 0.3 is 0 Å². The number of nitrogen functional groups attached to an aromatic ring is 1. The minimum absolute atomic E-state index is 0.121. The Bertz CT molecular complexity index is 547. The summed E-state index contributed by atoms with van der Waals surface area (Å²) in [5.41, 5.74) is 7.56. The lowest BCUT2D eigenvalue weighted by atomic mass is 10.2. The number of aromatic nitrogens is 2. The summed E-state index contributed by atoms with van der Waals surface area (Å²) >= 11 is 1.64. The van der Waals surface area contributed by atoms with Gasteiger partial charge in [-0.2, -0.15) is 5.10 Å². The first kappa shape index (κ1) is 13.6. The topological polar surface area (TPSA) is 75.0 Å². The molecule has 3 N–H and O–H groups in total. The number of thiophene rings is 1. The van der Waals surface area contributed by atoms with Gasteiger partial charge in [0.2, 0.25) is 0 Å². The van der Waals surface area contributed by atoms with Crippen LogP contribution in [0.15, 0.2) is 17.5 Å². The summed E-state index contributed by atoms with van der Waals surface area (Å²) < 4.78 is 0. The van der Waals surface area contributed by atoms with Crippen LogP contribution in [0.2, 0.25) is 0 Å². The first-order valence-corrected chi connectivity index (χ1v) is 7.19. The van der Waals surface area contributed by atoms with Crippen molar-refractivity contribution in [3.05, 3.63) is 33.8 Å². The highest BCUT2D eigenvalue weighted by Gasteiger charge is 2.21. The third-order valence-electron chi connectivity index (χ3n) is 3.03. The quantitative estimate of drug-likeness (QED) is 0.881. The highest BCUT2D eigenvalue weighted by molar-refractivity contribution is 7.09. The van der Waals surface area contributed by atoms with Crippen LogP contribution in [0.4, 0.5) is 5.69 Å². The Balaban J connectivity index is 2.18. The molecule has 0 saturated carbocycles. The molecule has 0 fully saturated rings. The van der Waals surface area contributed by atoms with Crippen molar-refractivity contribution in [1.29, 1.82) is 0 Å². The second kappa shape index (κ2) is 5.88. The van der Waals surface area contributed by atoms with Crippen LogP contribution in [0.25, 0.3) is 0 Å². The first-order chi connectivity index (χ1) is 9.17. The van der Waals surface area contributed by atoms with Gasteiger partial charge in [0.1, 0.15) is 0 Å². The number of carbonyl (C=O) groups is 1. The van der Waals surface area contributed by atoms with E-state index < -0.39 is 0 Å². The molecule has 0 aliphatic carbocycles. The molecule has 102 valence electrons. The Morgan fingerprint density at radius 2 is 2.32 bits per heavy atom. The van der Waals surface area contributed by atoms with E-state index in [9.17, 15) is 4.79 Å². The zero-order valence-electron chi connectivity index (χ0n) is 11.1. The van der Waals surface area contributed by atoms with Crippen molar-refractivity contribution < 1.29 is 4.79 Å². The number of aryl methyl sites for hydroxylation is 1. The van der Waals surface area contributed by atoms with Crippen LogP contribution in [0.3, 0.4) is 0 Å². The normalized spacial score (nSPS) is 10.6. The molecule has 0 aliphatic rings. The van der Waals surface area contributed by atoms with Crippen LogP contribution in [-0.2, 0) is 13.0 Å². The van der Waals surface area contributed by atoms with Gasteiger partial charge in [-0.3, -0.25) is 9.89 Å². The average Bonchev–Trinajstić information content (AvgIpc) is 3.04. The van der Waals surface area contributed by atoms with Crippen molar-refractivity contribution in [2.24, 2.45) is 0 Å². The number of hydrogen-bond acceptors (Lipinski definition) is 4. The van der Waals surface area contributed by atoms with Crippen LogP contribution in [0.5, 0.6) is 0 Å². The summed E-state index contributed by atoms with van der Waals surface area (Å²) in [6.07, 6.45) is 0.739. The number of nitrogens with two attached hydrogens (primary N) is 1. The second-order valence-electron chi connectivity index (χ2n) is 4.22. The standard InChI is InChI=1S/C13H18N4OS/c1-3-10-11(14)12(16-15-10)13(18)17(4-2)8-9-6-5-7-19-9/h5-7H,3-4,8,14H2,1-2H3,(H,15,16). The third-order valence-corrected chi connectivity index (χ3v) is 3.90. The molecule has 2 rings (SSSR count). The van der Waals surface area contributed by atoms with E-state index in [1.54, 1.807) is 16.2 Å². The molecule has 0 atom stereocenters. The monoisotopic (exact) mass is 278 g/mol. The van der Waals surface area contributed by atoms with Crippen LogP contribution < -0.4 is 5.73 Å². The predicted octanol–water partition coefficient (Wildman–Crippen LogP) is 2.28. The number of rotatable bonds is 5. The van der Waals surface area contributed by atoms with Crippen molar-refractivity contribution in [3.8, 4) is 0 Å². The predicted molar refractivity (Wildman–Crippen MR) is 77.1 cm³/mol. The molecule has 0 spiro atoms. The maximum absolute atomic E-state index is 12.4. The van der Waals surface area contributed by atoms with Crippen molar-refractivity contribution in [2.45, 2.75) is 26.8 Å². The van der Waals surface area contributed by atoms with Crippen LogP contribution in [0, 0.1) is 0 Å². The van der Waals surface area contributed by atoms with E-state index in [1.807, 2.05) is 31.4 Å². The fourth-order valence-electron chi connectivity index (χ4n) is 1.89. The maximum atomic E-state index is 12.4. The van der Waals surface area contributed by atoms with Crippen LogP contribution >= 0.6 is 11.3 Å². The molecule has 2 heterocycles. The van der Waals surface area contributed by atoms with E-state index in [4.69, 9.17) is 5.73 Å². The lowest BCUT2D eigenvalue weighted by molar-refractivity contribution is 0.0749. The summed E-state index contributed by atoms with van der Waals surface area (Å²) in [6, 6.07) is 4.00. The molecule has 19 heavy (non-hydrogen) atoms. The summed E-state index contributed by atoms with van der Waals surface area (Å²) in [5.74, 6) is -0.121. The van der Waals surface area contributed by atoms with Gasteiger partial charge in [0, 0.05) is 11.4 Å². The number of aromatic amines is 1. The van der Waals surface area contributed by atoms with Crippen LogP contribution in [0.1, 0.15) is 34.9 Å². The molecule has 2 aromatic heterocycles. The highest BCUT2D eigenvalue weighted by Crippen LogP contribution is 2.19. The number of nitrogens with zero attached hydrogens (tertiary/aromatic N) is 2. The Morgan fingerprint density at radius 1 is 1.53 bits per heavy atom. The number of H-pyrrole nitrogens is 1. The van der Waals surface area contributed by atoms with Gasteiger partial charge in [-0.1, -0.05) is 13.0 Å². The maximum Gasteiger partial charge on any atom is 0.276 e. The van der Waals surface area contributed by atoms with E-state index in [1.165, 1.54) is 0 Å². The largest absolute Gasteiger partial charge is 0.395 e. The molecular formula is C13H18N4OS. The Hall–Kier alpha value is -1.82. The Labute approximate surface area is 116 Å². The molecule has 0 unspecified atom stereocenters. The van der Waals surface area contributed by atoms with E-state index >= 15 is 0 Å². The van der Waals surface area contributed by atoms with E-state index in [-0.39, 0.29) is 5.91 Å². The fourth-order valence-corrected chi connectivity index (χ4v) is 2.61. The molecule has 0 saturated heterocycles. The van der Waals surface area contributed by atoms with Gasteiger partial charge in [-0.15, -0.1) is 11.3 Å².